The molecule has 0 spiro atoms. The molecule has 0 amide bonds. The van der Waals surface area contributed by atoms with E-state index < -0.39 is 8.25 Å². The summed E-state index contributed by atoms with van der Waals surface area (Å²) in [5.41, 5.74) is 7.52. The number of nitrogens with one attached hydrogen (secondary N) is 1. The van der Waals surface area contributed by atoms with Crippen molar-refractivity contribution in [3.63, 3.8) is 0 Å². The predicted octanol–water partition coefficient (Wildman–Crippen LogP) is -0.756. The van der Waals surface area contributed by atoms with E-state index in [0.29, 0.717) is 19.7 Å². The van der Waals surface area contributed by atoms with Crippen LogP contribution in [0.2, 0.25) is 0 Å². The van der Waals surface area contributed by atoms with Crippen molar-refractivity contribution in [2.24, 2.45) is 5.73 Å². The molecule has 0 aliphatic rings. The predicted molar refractivity (Wildman–Crippen MR) is 45.9 cm³/mol. The van der Waals surface area contributed by atoms with Crippen LogP contribution in [0.5, 0.6) is 0 Å². The summed E-state index contributed by atoms with van der Waals surface area (Å²) in [5.74, 6) is 0. The Morgan fingerprint density at radius 1 is 1.64 bits per heavy atom. The second kappa shape index (κ2) is 11.1. The Morgan fingerprint density at radius 2 is 2.27 bits per heavy atom. The molecule has 5 nitrogen and oxygen atoms in total. The van der Waals surface area contributed by atoms with Crippen LogP contribution in [0.25, 0.3) is 0 Å². The van der Waals surface area contributed by atoms with Gasteiger partial charge in [0.05, 0.1) is 6.61 Å². The van der Waals surface area contributed by atoms with E-state index in [1.165, 1.54) is 0 Å². The average Bonchev–Trinajstić information content (AvgIpc) is 1.89. The van der Waals surface area contributed by atoms with Crippen LogP contribution in [0.3, 0.4) is 0 Å². The third-order valence-corrected chi connectivity index (χ3v) is 1.50. The second-order valence-corrected chi connectivity index (χ2v) is 2.46. The van der Waals surface area contributed by atoms with Gasteiger partial charge in [-0.05, 0) is 6.92 Å². The molecule has 0 fully saturated rings. The third kappa shape index (κ3) is 11.1. The van der Waals surface area contributed by atoms with Gasteiger partial charge in [0.1, 0.15) is 0 Å². The molecule has 64 valence electrons. The van der Waals surface area contributed by atoms with E-state index in [1.807, 2.05) is 0 Å². The van der Waals surface area contributed by atoms with E-state index >= 15 is 0 Å². The van der Waals surface area contributed by atoms with Gasteiger partial charge in [0.25, 0.3) is 0 Å². The van der Waals surface area contributed by atoms with Gasteiger partial charge in [-0.25, -0.2) is 4.62 Å². The van der Waals surface area contributed by atoms with Crippen molar-refractivity contribution in [1.29, 1.82) is 0 Å². The quantitative estimate of drug-likeness (QED) is 0.250. The molecule has 0 saturated heterocycles. The van der Waals surface area contributed by atoms with E-state index in [1.54, 1.807) is 6.92 Å². The number of hydroxylamine groups is 1. The molecule has 11 heavy (non-hydrogen) atoms. The summed E-state index contributed by atoms with van der Waals surface area (Å²) in [5, 5.41) is 0. The summed E-state index contributed by atoms with van der Waals surface area (Å²) >= 11 is 0. The van der Waals surface area contributed by atoms with Gasteiger partial charge in [0, 0.05) is 13.1 Å². The zero-order valence-corrected chi connectivity index (χ0v) is 6.92. The third-order valence-electron chi connectivity index (χ3n) is 0.664. The van der Waals surface area contributed by atoms with Gasteiger partial charge in [-0.15, -0.1) is 0 Å². The normalized spacial score (nSPS) is 12.2. The topological polar surface area (TPSA) is 73.6 Å². The first-order chi connectivity index (χ1) is 4.81. The fourth-order valence-electron chi connectivity index (χ4n) is 0.316. The summed E-state index contributed by atoms with van der Waals surface area (Å²) in [6.45, 7) is 3.06. The number of nitrogens with two attached hydrogens (primary N) is 1. The summed E-state index contributed by atoms with van der Waals surface area (Å²) in [6.07, 6.45) is 0. The van der Waals surface area contributed by atoms with Crippen molar-refractivity contribution in [3.05, 3.63) is 0 Å². The molecule has 0 aromatic carbocycles. The first kappa shape index (κ1) is 14.6. The van der Waals surface area contributed by atoms with Crippen LogP contribution in [0.4, 0.5) is 0 Å². The zero-order valence-electron chi connectivity index (χ0n) is 5.92. The Bertz CT molecular complexity index is 105. The SMILES string of the molecule is CCO[PH](=O)ONCCN.[NaH]. The van der Waals surface area contributed by atoms with Crippen LogP contribution in [-0.4, -0.2) is 49.3 Å². The van der Waals surface area contributed by atoms with E-state index in [4.69, 9.17) is 5.73 Å². The monoisotopic (exact) mass is 192 g/mol. The van der Waals surface area contributed by atoms with E-state index in [-0.39, 0.29) is 29.6 Å². The number of rotatable bonds is 6. The van der Waals surface area contributed by atoms with Gasteiger partial charge in [0.15, 0.2) is 0 Å². The minimum atomic E-state index is -2.33. The van der Waals surface area contributed by atoms with Crippen LogP contribution in [0.15, 0.2) is 0 Å². The molecule has 0 saturated carbocycles. The van der Waals surface area contributed by atoms with Crippen LogP contribution >= 0.6 is 8.25 Å². The molecule has 1 unspecified atom stereocenters. The van der Waals surface area contributed by atoms with Crippen molar-refractivity contribution in [3.8, 4) is 0 Å². The standard InChI is InChI=1S/C4H13N2O3P.Na.H/c1-2-8-10(7)9-6-4-3-5;;/h6,10H,2-5H2,1H3;;. The maximum absolute atomic E-state index is 10.6. The molecule has 3 N–H and O–H groups in total. The molecule has 1 atom stereocenters. The zero-order chi connectivity index (χ0) is 7.82. The number of hydrogen-bond acceptors (Lipinski definition) is 5. The summed E-state index contributed by atoms with van der Waals surface area (Å²) < 4.78 is 19.7. The Kier molecular flexibility index (Phi) is 14.7. The fourth-order valence-corrected chi connectivity index (χ4v) is 0.831. The first-order valence-electron chi connectivity index (χ1n) is 3.07. The van der Waals surface area contributed by atoms with Crippen LogP contribution in [0, 0.1) is 0 Å². The van der Waals surface area contributed by atoms with Gasteiger partial charge in [-0.1, -0.05) is 0 Å². The molecule has 0 heterocycles. The molecule has 7 heteroatoms. The van der Waals surface area contributed by atoms with Crippen LogP contribution in [0.1, 0.15) is 6.92 Å². The molecule has 0 rings (SSSR count). The fraction of sp³-hybridized carbons (Fsp3) is 1.00. The number of hydrogen-bond donors (Lipinski definition) is 2. The van der Waals surface area contributed by atoms with Crippen molar-refractivity contribution < 1.29 is 13.7 Å². The van der Waals surface area contributed by atoms with Gasteiger partial charge in [0.2, 0.25) is 0 Å². The minimum absolute atomic E-state index is 0. The second-order valence-electron chi connectivity index (χ2n) is 1.47. The Hall–Kier alpha value is 1.07. The molecule has 0 radical (unpaired) electrons. The summed E-state index contributed by atoms with van der Waals surface area (Å²) in [4.78, 5) is 0. The first-order valence-corrected chi connectivity index (χ1v) is 4.30. The van der Waals surface area contributed by atoms with Gasteiger partial charge in [-0.2, -0.15) is 5.48 Å². The Morgan fingerprint density at radius 3 is 2.73 bits per heavy atom. The molecule has 0 aromatic rings. The van der Waals surface area contributed by atoms with Gasteiger partial charge in [-0.3, -0.25) is 4.57 Å². The molecular weight excluding hydrogens is 178 g/mol. The summed E-state index contributed by atoms with van der Waals surface area (Å²) in [7, 11) is -2.33. The molecular formula is C4H14N2NaO3P. The summed E-state index contributed by atoms with van der Waals surface area (Å²) in [6, 6.07) is 0. The van der Waals surface area contributed by atoms with E-state index in [0.717, 1.165) is 0 Å². The van der Waals surface area contributed by atoms with Crippen LogP contribution in [-0.2, 0) is 13.7 Å². The van der Waals surface area contributed by atoms with Crippen molar-refractivity contribution in [2.45, 2.75) is 6.92 Å². The van der Waals surface area contributed by atoms with Crippen molar-refractivity contribution >= 4 is 37.8 Å². The molecule has 0 bridgehead atoms. The maximum atomic E-state index is 10.6. The van der Waals surface area contributed by atoms with E-state index in [9.17, 15) is 4.57 Å². The molecule has 0 aliphatic heterocycles. The molecule has 0 aromatic heterocycles. The molecule has 0 aliphatic carbocycles. The van der Waals surface area contributed by atoms with Crippen molar-refractivity contribution in [2.75, 3.05) is 19.7 Å². The Balaban J connectivity index is 0. The van der Waals surface area contributed by atoms with Crippen molar-refractivity contribution in [1.82, 2.24) is 5.48 Å². The van der Waals surface area contributed by atoms with Crippen LogP contribution < -0.4 is 11.2 Å². The van der Waals surface area contributed by atoms with E-state index in [2.05, 4.69) is 14.6 Å². The van der Waals surface area contributed by atoms with Gasteiger partial charge >= 0.3 is 37.8 Å². The van der Waals surface area contributed by atoms with Gasteiger partial charge < -0.3 is 10.3 Å². The average molecular weight is 192 g/mol. The Labute approximate surface area is 89.2 Å².